The molecule has 0 saturated heterocycles. The highest BCUT2D eigenvalue weighted by Gasteiger charge is 2.30. The Hall–Kier alpha value is -5.14. The molecule has 4 aromatic rings. The van der Waals surface area contributed by atoms with E-state index in [1.165, 1.54) is 11.3 Å². The molecule has 3 aromatic carbocycles. The van der Waals surface area contributed by atoms with Gasteiger partial charge in [-0.15, -0.1) is 11.3 Å². The number of hydrogen-bond acceptors (Lipinski definition) is 8. The van der Waals surface area contributed by atoms with Gasteiger partial charge in [-0.2, -0.15) is 0 Å². The summed E-state index contributed by atoms with van der Waals surface area (Å²) >= 11 is 1.25. The van der Waals surface area contributed by atoms with Crippen LogP contribution in [-0.4, -0.2) is 65.7 Å². The van der Waals surface area contributed by atoms with Gasteiger partial charge in [0.05, 0.1) is 22.3 Å². The molecule has 0 aliphatic carbocycles. The second-order valence-corrected chi connectivity index (χ2v) is 12.4. The number of hydrogen-bond donors (Lipinski definition) is 6. The van der Waals surface area contributed by atoms with Crippen LogP contribution >= 0.6 is 11.3 Å². The van der Waals surface area contributed by atoms with Crippen molar-refractivity contribution in [3.05, 3.63) is 101 Å². The average molecular weight is 671 g/mol. The van der Waals surface area contributed by atoms with Crippen molar-refractivity contribution in [2.24, 2.45) is 22.2 Å². The number of para-hydroxylation sites is 1. The van der Waals surface area contributed by atoms with Gasteiger partial charge in [0.2, 0.25) is 23.5 Å². The van der Waals surface area contributed by atoms with Crippen molar-refractivity contribution in [2.45, 2.75) is 56.7 Å². The first-order chi connectivity index (χ1) is 23.2. The maximum Gasteiger partial charge on any atom is 0.243 e. The summed E-state index contributed by atoms with van der Waals surface area (Å²) in [7, 11) is 0. The highest BCUT2D eigenvalue weighted by atomic mass is 32.1. The number of benzene rings is 3. The zero-order valence-electron chi connectivity index (χ0n) is 26.6. The molecule has 0 aliphatic rings. The Balaban J connectivity index is 1.53. The molecule has 0 spiro atoms. The molecule has 0 saturated carbocycles. The Bertz CT molecular complexity index is 1660. The number of guanidine groups is 1. The van der Waals surface area contributed by atoms with E-state index in [0.717, 1.165) is 15.8 Å². The van der Waals surface area contributed by atoms with E-state index in [1.807, 2.05) is 84.9 Å². The standard InChI is InChI=1S/C35H42N8O4S/c36-30(44)18-17-27(39-21-19-23-10-3-1-4-11-23)32(46)42-28(22-24-12-5-2-6-13-24)33(47)41-26(15-9-20-40-35(37)38)31(45)34-43-25-14-7-8-16-29(25)48-34/h1-8,10-14,16,26-28,39H,9,15,17-22H2,(H2,36,44)(H,41,47)(H,42,46)(H4,37,38,40)/t26-,27+,28+/m1/s1. The topological polar surface area (TPSA) is 208 Å². The van der Waals surface area contributed by atoms with Crippen LogP contribution in [0.2, 0.25) is 0 Å². The lowest BCUT2D eigenvalue weighted by atomic mass is 10.0. The highest BCUT2D eigenvalue weighted by Crippen LogP contribution is 2.23. The minimum absolute atomic E-state index is 0.0134. The number of Topliss-reactive ketones (excluding diaryl/α,β-unsaturated/α-hetero) is 1. The molecule has 4 rings (SSSR count). The third kappa shape index (κ3) is 11.3. The van der Waals surface area contributed by atoms with E-state index < -0.39 is 35.8 Å². The molecule has 9 N–H and O–H groups in total. The Labute approximate surface area is 283 Å². The first kappa shape index (κ1) is 35.7. The summed E-state index contributed by atoms with van der Waals surface area (Å²) in [5.74, 6) is -1.94. The third-order valence-corrected chi connectivity index (χ3v) is 8.69. The Kier molecular flexibility index (Phi) is 13.6. The summed E-state index contributed by atoms with van der Waals surface area (Å²) in [6, 6.07) is 23.7. The quantitative estimate of drug-likeness (QED) is 0.0376. The number of carbonyl (C=O) groups is 4. The van der Waals surface area contributed by atoms with Crippen molar-refractivity contribution in [3.8, 4) is 0 Å². The number of ketones is 1. The fraction of sp³-hybridized carbons (Fsp3) is 0.314. The number of primary amides is 1. The minimum Gasteiger partial charge on any atom is -0.370 e. The van der Waals surface area contributed by atoms with Crippen molar-refractivity contribution >= 4 is 51.0 Å². The summed E-state index contributed by atoms with van der Waals surface area (Å²) in [5, 5.41) is 9.25. The van der Waals surface area contributed by atoms with Gasteiger partial charge in [-0.1, -0.05) is 72.8 Å². The van der Waals surface area contributed by atoms with Gasteiger partial charge < -0.3 is 33.2 Å². The van der Waals surface area contributed by atoms with Gasteiger partial charge in [0.25, 0.3) is 0 Å². The number of thiazole rings is 1. The molecule has 1 heterocycles. The van der Waals surface area contributed by atoms with E-state index in [2.05, 4.69) is 25.9 Å². The normalized spacial score (nSPS) is 12.8. The first-order valence-electron chi connectivity index (χ1n) is 15.8. The van der Waals surface area contributed by atoms with Crippen LogP contribution in [0.1, 0.15) is 46.6 Å². The van der Waals surface area contributed by atoms with Gasteiger partial charge in [-0.3, -0.25) is 24.2 Å². The van der Waals surface area contributed by atoms with Crippen LogP contribution in [0, 0.1) is 0 Å². The minimum atomic E-state index is -1.03. The van der Waals surface area contributed by atoms with Crippen LogP contribution in [0.4, 0.5) is 0 Å². The first-order valence-corrected chi connectivity index (χ1v) is 16.7. The van der Waals surface area contributed by atoms with Gasteiger partial charge >= 0.3 is 0 Å². The summed E-state index contributed by atoms with van der Waals surface area (Å²) in [4.78, 5) is 61.6. The van der Waals surface area contributed by atoms with Crippen LogP contribution in [0.25, 0.3) is 10.2 Å². The van der Waals surface area contributed by atoms with Crippen LogP contribution in [0.15, 0.2) is 89.9 Å². The number of nitrogens with zero attached hydrogens (tertiary/aromatic N) is 2. The fourth-order valence-electron chi connectivity index (χ4n) is 5.15. The summed E-state index contributed by atoms with van der Waals surface area (Å²) in [6.07, 6.45) is 1.62. The average Bonchev–Trinajstić information content (AvgIpc) is 3.52. The van der Waals surface area contributed by atoms with Crippen molar-refractivity contribution < 1.29 is 19.2 Å². The van der Waals surface area contributed by atoms with Crippen molar-refractivity contribution in [3.63, 3.8) is 0 Å². The zero-order valence-corrected chi connectivity index (χ0v) is 27.5. The lowest BCUT2D eigenvalue weighted by molar-refractivity contribution is -0.130. The third-order valence-electron chi connectivity index (χ3n) is 7.64. The van der Waals surface area contributed by atoms with E-state index in [-0.39, 0.29) is 49.0 Å². The molecule has 12 nitrogen and oxygen atoms in total. The molecule has 0 bridgehead atoms. The highest BCUT2D eigenvalue weighted by molar-refractivity contribution is 7.20. The van der Waals surface area contributed by atoms with Gasteiger partial charge in [0.15, 0.2) is 11.0 Å². The molecule has 3 atom stereocenters. The van der Waals surface area contributed by atoms with Crippen molar-refractivity contribution in [1.29, 1.82) is 0 Å². The lowest BCUT2D eigenvalue weighted by Gasteiger charge is -2.25. The van der Waals surface area contributed by atoms with E-state index in [4.69, 9.17) is 17.2 Å². The van der Waals surface area contributed by atoms with Gasteiger partial charge in [0, 0.05) is 19.4 Å². The number of nitrogens with two attached hydrogens (primary N) is 3. The molecule has 1 aromatic heterocycles. The van der Waals surface area contributed by atoms with Crippen LogP contribution < -0.4 is 33.2 Å². The summed E-state index contributed by atoms with van der Waals surface area (Å²) in [5.41, 5.74) is 19.0. The molecule has 252 valence electrons. The monoisotopic (exact) mass is 670 g/mol. The van der Waals surface area contributed by atoms with E-state index in [9.17, 15) is 19.2 Å². The van der Waals surface area contributed by atoms with Crippen molar-refractivity contribution in [1.82, 2.24) is 20.9 Å². The van der Waals surface area contributed by atoms with E-state index >= 15 is 0 Å². The van der Waals surface area contributed by atoms with Crippen molar-refractivity contribution in [2.75, 3.05) is 13.1 Å². The Morgan fingerprint density at radius 2 is 1.38 bits per heavy atom. The summed E-state index contributed by atoms with van der Waals surface area (Å²) in [6.45, 7) is 0.729. The molecule has 0 aliphatic heterocycles. The molecule has 0 fully saturated rings. The maximum atomic E-state index is 14.0. The predicted octanol–water partition coefficient (Wildman–Crippen LogP) is 2.21. The molecule has 0 unspecified atom stereocenters. The van der Waals surface area contributed by atoms with Crippen LogP contribution in [0.3, 0.4) is 0 Å². The van der Waals surface area contributed by atoms with Gasteiger partial charge in [-0.05, 0) is 55.5 Å². The molecule has 48 heavy (non-hydrogen) atoms. The molecular weight excluding hydrogens is 629 g/mol. The number of carbonyl (C=O) groups excluding carboxylic acids is 4. The number of aromatic nitrogens is 1. The number of rotatable bonds is 19. The number of aliphatic imine (C=N–C) groups is 1. The fourth-order valence-corrected chi connectivity index (χ4v) is 6.11. The molecule has 0 radical (unpaired) electrons. The Morgan fingerprint density at radius 1 is 0.750 bits per heavy atom. The van der Waals surface area contributed by atoms with Crippen LogP contribution in [-0.2, 0) is 27.2 Å². The zero-order chi connectivity index (χ0) is 34.3. The Morgan fingerprint density at radius 3 is 2.04 bits per heavy atom. The predicted molar refractivity (Wildman–Crippen MR) is 188 cm³/mol. The van der Waals surface area contributed by atoms with E-state index in [1.54, 1.807) is 0 Å². The van der Waals surface area contributed by atoms with Crippen LogP contribution in [0.5, 0.6) is 0 Å². The second-order valence-electron chi connectivity index (χ2n) is 11.4. The maximum absolute atomic E-state index is 14.0. The molecule has 13 heteroatoms. The number of fused-ring (bicyclic) bond motifs is 1. The van der Waals surface area contributed by atoms with E-state index in [0.29, 0.717) is 24.9 Å². The largest absolute Gasteiger partial charge is 0.370 e. The second kappa shape index (κ2) is 18.3. The number of amides is 3. The number of nitrogens with one attached hydrogen (secondary N) is 3. The summed E-state index contributed by atoms with van der Waals surface area (Å²) < 4.78 is 0.849. The molecule has 3 amide bonds. The van der Waals surface area contributed by atoms with Gasteiger partial charge in [-0.25, -0.2) is 4.98 Å². The lowest BCUT2D eigenvalue weighted by Crippen LogP contribution is -2.56. The van der Waals surface area contributed by atoms with Gasteiger partial charge in [0.1, 0.15) is 6.04 Å². The smallest absolute Gasteiger partial charge is 0.243 e. The SMILES string of the molecule is NC(=O)CC[C@H](NCCc1ccccc1)C(=O)N[C@@H](Cc1ccccc1)C(=O)N[C@H](CCCN=C(N)N)C(=O)c1nc2ccccc2s1. The molecular formula is C35H42N8O4S.